The molecule has 0 spiro atoms. The van der Waals surface area contributed by atoms with E-state index in [9.17, 15) is 0 Å². The molecular weight excluding hydrogens is 292 g/mol. The van der Waals surface area contributed by atoms with Gasteiger partial charge in [0.05, 0.1) is 6.10 Å². The van der Waals surface area contributed by atoms with Crippen LogP contribution in [0.4, 0.5) is 0 Å². The van der Waals surface area contributed by atoms with Gasteiger partial charge in [-0.15, -0.1) is 0 Å². The summed E-state index contributed by atoms with van der Waals surface area (Å²) >= 11 is 0. The second-order valence-corrected chi connectivity index (χ2v) is 7.01. The molecule has 1 aliphatic rings. The number of nitrogens with one attached hydrogen (secondary N) is 1. The van der Waals surface area contributed by atoms with Crippen molar-refractivity contribution in [3.05, 3.63) is 0 Å². The number of ether oxygens (including phenoxy) is 2. The standard InChI is InChI=1S/C17H36N4O2/c1-17(2,20(4)5)14-19-16(18-3)21-10-8-15(9-11-21)23-13-7-12-22-6/h15H,7-14H2,1-6H3,(H,18,19). The molecule has 6 heteroatoms. The van der Waals surface area contributed by atoms with Gasteiger partial charge in [-0.25, -0.2) is 0 Å². The maximum Gasteiger partial charge on any atom is 0.193 e. The highest BCUT2D eigenvalue weighted by atomic mass is 16.5. The van der Waals surface area contributed by atoms with Crippen molar-refractivity contribution in [1.82, 2.24) is 15.1 Å². The number of methoxy groups -OCH3 is 1. The third-order valence-corrected chi connectivity index (χ3v) is 4.69. The molecule has 1 aliphatic heterocycles. The van der Waals surface area contributed by atoms with Crippen molar-refractivity contribution in [2.75, 3.05) is 61.1 Å². The average molecular weight is 329 g/mol. The lowest BCUT2D eigenvalue weighted by atomic mass is 10.0. The zero-order valence-corrected chi connectivity index (χ0v) is 15.9. The van der Waals surface area contributed by atoms with E-state index < -0.39 is 0 Å². The van der Waals surface area contributed by atoms with Gasteiger partial charge in [-0.1, -0.05) is 0 Å². The van der Waals surface area contributed by atoms with Crippen LogP contribution in [0.15, 0.2) is 4.99 Å². The van der Waals surface area contributed by atoms with Crippen LogP contribution in [-0.2, 0) is 9.47 Å². The molecule has 1 N–H and O–H groups in total. The highest BCUT2D eigenvalue weighted by Gasteiger charge is 2.24. The van der Waals surface area contributed by atoms with E-state index in [1.165, 1.54) is 0 Å². The Kier molecular flexibility index (Phi) is 8.87. The van der Waals surface area contributed by atoms with Gasteiger partial charge in [0.2, 0.25) is 0 Å². The Morgan fingerprint density at radius 1 is 1.26 bits per heavy atom. The Morgan fingerprint density at radius 3 is 2.43 bits per heavy atom. The van der Waals surface area contributed by atoms with Gasteiger partial charge in [-0.05, 0) is 47.2 Å². The van der Waals surface area contributed by atoms with E-state index in [1.807, 2.05) is 7.05 Å². The summed E-state index contributed by atoms with van der Waals surface area (Å²) in [5.41, 5.74) is 0.0960. The molecule has 6 nitrogen and oxygen atoms in total. The first-order valence-corrected chi connectivity index (χ1v) is 8.64. The minimum Gasteiger partial charge on any atom is -0.385 e. The van der Waals surface area contributed by atoms with E-state index in [0.29, 0.717) is 6.10 Å². The second-order valence-electron chi connectivity index (χ2n) is 7.01. The fourth-order valence-corrected chi connectivity index (χ4v) is 2.47. The van der Waals surface area contributed by atoms with Crippen molar-refractivity contribution in [2.24, 2.45) is 4.99 Å². The van der Waals surface area contributed by atoms with Gasteiger partial charge in [-0.2, -0.15) is 0 Å². The summed E-state index contributed by atoms with van der Waals surface area (Å²) in [5, 5.41) is 3.51. The van der Waals surface area contributed by atoms with Crippen molar-refractivity contribution < 1.29 is 9.47 Å². The maximum absolute atomic E-state index is 5.92. The van der Waals surface area contributed by atoms with Gasteiger partial charge < -0.3 is 24.6 Å². The van der Waals surface area contributed by atoms with E-state index in [-0.39, 0.29) is 5.54 Å². The quantitative estimate of drug-likeness (QED) is 0.415. The molecule has 136 valence electrons. The predicted octanol–water partition coefficient (Wildman–Crippen LogP) is 1.42. The van der Waals surface area contributed by atoms with Gasteiger partial charge in [0.25, 0.3) is 0 Å². The van der Waals surface area contributed by atoms with E-state index >= 15 is 0 Å². The van der Waals surface area contributed by atoms with Crippen molar-refractivity contribution in [2.45, 2.75) is 44.8 Å². The topological polar surface area (TPSA) is 49.3 Å². The lowest BCUT2D eigenvalue weighted by Gasteiger charge is -2.37. The molecule has 1 heterocycles. The Labute approximate surface area is 142 Å². The third kappa shape index (κ3) is 7.06. The minimum atomic E-state index is 0.0960. The summed E-state index contributed by atoms with van der Waals surface area (Å²) in [6, 6.07) is 0. The van der Waals surface area contributed by atoms with Crippen molar-refractivity contribution >= 4 is 5.96 Å². The van der Waals surface area contributed by atoms with Crippen LogP contribution in [0.25, 0.3) is 0 Å². The van der Waals surface area contributed by atoms with Crippen LogP contribution in [0.2, 0.25) is 0 Å². The van der Waals surface area contributed by atoms with Crippen molar-refractivity contribution in [1.29, 1.82) is 0 Å². The SMILES string of the molecule is CN=C(NCC(C)(C)N(C)C)N1CCC(OCCCOC)CC1. The molecule has 0 aliphatic carbocycles. The molecule has 0 atom stereocenters. The first-order chi connectivity index (χ1) is 10.9. The normalized spacial score (nSPS) is 17.9. The second kappa shape index (κ2) is 10.1. The molecule has 0 saturated carbocycles. The molecule has 0 amide bonds. The van der Waals surface area contributed by atoms with E-state index in [4.69, 9.17) is 9.47 Å². The van der Waals surface area contributed by atoms with Gasteiger partial charge in [0.15, 0.2) is 5.96 Å². The van der Waals surface area contributed by atoms with Crippen LogP contribution in [0.3, 0.4) is 0 Å². The number of guanidine groups is 1. The molecule has 0 aromatic rings. The van der Waals surface area contributed by atoms with E-state index in [2.05, 4.69) is 48.1 Å². The highest BCUT2D eigenvalue weighted by Crippen LogP contribution is 2.15. The van der Waals surface area contributed by atoms with E-state index in [1.54, 1.807) is 7.11 Å². The van der Waals surface area contributed by atoms with Gasteiger partial charge in [0.1, 0.15) is 0 Å². The number of likely N-dealkylation sites (tertiary alicyclic amines) is 1. The zero-order valence-electron chi connectivity index (χ0n) is 15.9. The Morgan fingerprint density at radius 2 is 1.91 bits per heavy atom. The Bertz CT molecular complexity index is 351. The van der Waals surface area contributed by atoms with Crippen molar-refractivity contribution in [3.8, 4) is 0 Å². The summed E-state index contributed by atoms with van der Waals surface area (Å²) < 4.78 is 11.0. The van der Waals surface area contributed by atoms with Crippen LogP contribution in [0.5, 0.6) is 0 Å². The number of rotatable bonds is 8. The number of piperidine rings is 1. The van der Waals surface area contributed by atoms with Crippen molar-refractivity contribution in [3.63, 3.8) is 0 Å². The van der Waals surface area contributed by atoms with Crippen LogP contribution in [-0.4, -0.2) is 88.5 Å². The third-order valence-electron chi connectivity index (χ3n) is 4.69. The van der Waals surface area contributed by atoms with E-state index in [0.717, 1.165) is 58.1 Å². The predicted molar refractivity (Wildman–Crippen MR) is 96.2 cm³/mol. The minimum absolute atomic E-state index is 0.0960. The fraction of sp³-hybridized carbons (Fsp3) is 0.941. The first-order valence-electron chi connectivity index (χ1n) is 8.64. The number of aliphatic imine (C=N–C) groups is 1. The molecule has 0 aromatic heterocycles. The Hall–Kier alpha value is -0.850. The highest BCUT2D eigenvalue weighted by molar-refractivity contribution is 5.80. The molecule has 0 radical (unpaired) electrons. The number of hydrogen-bond acceptors (Lipinski definition) is 4. The molecule has 0 bridgehead atoms. The van der Waals surface area contributed by atoms with Crippen LogP contribution < -0.4 is 5.32 Å². The molecule has 23 heavy (non-hydrogen) atoms. The molecular formula is C17H36N4O2. The summed E-state index contributed by atoms with van der Waals surface area (Å²) in [4.78, 5) is 9.00. The zero-order chi connectivity index (χ0) is 17.3. The van der Waals surface area contributed by atoms with Gasteiger partial charge in [0, 0.05) is 52.5 Å². The molecule has 0 aromatic carbocycles. The number of nitrogens with zero attached hydrogens (tertiary/aromatic N) is 3. The number of likely N-dealkylation sites (N-methyl/N-ethyl adjacent to an activating group) is 1. The summed E-state index contributed by atoms with van der Waals surface area (Å²) in [5.74, 6) is 0.998. The van der Waals surface area contributed by atoms with Gasteiger partial charge >= 0.3 is 0 Å². The fourth-order valence-electron chi connectivity index (χ4n) is 2.47. The molecule has 1 fully saturated rings. The lowest BCUT2D eigenvalue weighted by molar-refractivity contribution is 0.00981. The maximum atomic E-state index is 5.92. The molecule has 0 unspecified atom stereocenters. The van der Waals surface area contributed by atoms with Crippen LogP contribution in [0.1, 0.15) is 33.1 Å². The molecule has 1 rings (SSSR count). The lowest BCUT2D eigenvalue weighted by Crippen LogP contribution is -2.53. The van der Waals surface area contributed by atoms with Gasteiger partial charge in [-0.3, -0.25) is 4.99 Å². The monoisotopic (exact) mass is 328 g/mol. The largest absolute Gasteiger partial charge is 0.385 e. The Balaban J connectivity index is 2.33. The number of hydrogen-bond donors (Lipinski definition) is 1. The summed E-state index contributed by atoms with van der Waals surface area (Å²) in [7, 11) is 7.81. The van der Waals surface area contributed by atoms with Crippen LogP contribution in [0, 0.1) is 0 Å². The molecule has 1 saturated heterocycles. The summed E-state index contributed by atoms with van der Waals surface area (Å²) in [6.45, 7) is 8.90. The summed E-state index contributed by atoms with van der Waals surface area (Å²) in [6.07, 6.45) is 3.47. The first kappa shape index (κ1) is 20.2. The average Bonchev–Trinajstić information content (AvgIpc) is 2.53. The van der Waals surface area contributed by atoms with Crippen LogP contribution >= 0.6 is 0 Å². The smallest absolute Gasteiger partial charge is 0.193 e.